The van der Waals surface area contributed by atoms with Gasteiger partial charge in [-0.25, -0.2) is 0 Å². The molecule has 0 bridgehead atoms. The van der Waals surface area contributed by atoms with Crippen LogP contribution in [0.5, 0.6) is 5.75 Å². The van der Waals surface area contributed by atoms with Crippen molar-refractivity contribution >= 4 is 12.7 Å². The molecule has 1 aromatic heterocycles. The number of rotatable bonds is 7. The van der Waals surface area contributed by atoms with Crippen LogP contribution in [0.2, 0.25) is 0 Å². The molecule has 0 radical (unpaired) electrons. The number of aryl methyl sites for hydroxylation is 3. The van der Waals surface area contributed by atoms with Crippen LogP contribution in [0.4, 0.5) is 0 Å². The number of allylic oxidation sites excluding steroid dienone is 1. The van der Waals surface area contributed by atoms with Crippen LogP contribution in [0, 0.1) is 19.8 Å². The quantitative estimate of drug-likeness (QED) is 0.310. The fourth-order valence-corrected chi connectivity index (χ4v) is 4.10. The Kier molecular flexibility index (Phi) is 17.6. The lowest BCUT2D eigenvalue weighted by Gasteiger charge is -2.18. The monoisotopic (exact) mass is 517 g/mol. The lowest BCUT2D eigenvalue weighted by Crippen LogP contribution is -2.29. The van der Waals surface area contributed by atoms with Crippen LogP contribution in [0.25, 0.3) is 23.9 Å². The Bertz CT molecular complexity index is 1190. The molecule has 3 rings (SSSR count). The Morgan fingerprint density at radius 1 is 0.974 bits per heavy atom. The van der Waals surface area contributed by atoms with Crippen LogP contribution in [0.15, 0.2) is 60.7 Å². The molecule has 38 heavy (non-hydrogen) atoms. The van der Waals surface area contributed by atoms with Crippen molar-refractivity contribution in [1.29, 1.82) is 0 Å². The van der Waals surface area contributed by atoms with Gasteiger partial charge in [0.25, 0.3) is 0 Å². The van der Waals surface area contributed by atoms with Gasteiger partial charge in [0.2, 0.25) is 0 Å². The first-order valence-electron chi connectivity index (χ1n) is 14.4. The van der Waals surface area contributed by atoms with E-state index in [0.29, 0.717) is 11.7 Å². The Labute approximate surface area is 234 Å². The SMILES string of the molecule is C=C(C)C.C=c1/c(=C\C)cc(-c2ccccc2O)n1C[C@@H](CC)CCC.CC.CCc1ccc(C)c(C)c1. The summed E-state index contributed by atoms with van der Waals surface area (Å²) in [5, 5.41) is 12.4. The van der Waals surface area contributed by atoms with Crippen molar-refractivity contribution in [1.82, 2.24) is 4.57 Å². The molecule has 0 amide bonds. The number of hydrogen-bond acceptors (Lipinski definition) is 1. The maximum Gasteiger partial charge on any atom is 0.124 e. The van der Waals surface area contributed by atoms with E-state index >= 15 is 0 Å². The summed E-state index contributed by atoms with van der Waals surface area (Å²) in [4.78, 5) is 0. The third kappa shape index (κ3) is 11.6. The highest BCUT2D eigenvalue weighted by molar-refractivity contribution is 5.67. The van der Waals surface area contributed by atoms with Crippen molar-refractivity contribution in [2.75, 3.05) is 0 Å². The molecular formula is C36H55NO. The summed E-state index contributed by atoms with van der Waals surface area (Å²) < 4.78 is 2.27. The first kappa shape index (κ1) is 35.0. The van der Waals surface area contributed by atoms with Gasteiger partial charge < -0.3 is 9.67 Å². The van der Waals surface area contributed by atoms with Gasteiger partial charge in [0.1, 0.15) is 5.75 Å². The van der Waals surface area contributed by atoms with Gasteiger partial charge in [0, 0.05) is 17.5 Å². The molecule has 1 atom stereocenters. The zero-order valence-electron chi connectivity index (χ0n) is 26.1. The molecule has 210 valence electrons. The summed E-state index contributed by atoms with van der Waals surface area (Å²) >= 11 is 0. The molecule has 2 heteroatoms. The van der Waals surface area contributed by atoms with Gasteiger partial charge in [-0.2, -0.15) is 0 Å². The van der Waals surface area contributed by atoms with Crippen LogP contribution >= 0.6 is 0 Å². The molecular weight excluding hydrogens is 462 g/mol. The standard InChI is InChI=1S/C20H27NO.C10H14.C4H8.C2H6/c1-5-10-16(6-2)14-21-15(4)17(7-3)13-19(21)18-11-8-9-12-20(18)22;1-4-10-6-5-8(2)9(3)7-10;1-4(2)3;1-2/h7-9,11-13,16,22H,4-6,10,14H2,1-3H3;5-7H,4H2,1-3H3;1H2,2-3H3;1-2H3/b17-7-;;;/t16-;;;/m0.../s1. The second-order valence-electron chi connectivity index (χ2n) is 9.89. The van der Waals surface area contributed by atoms with E-state index in [4.69, 9.17) is 0 Å². The average Bonchev–Trinajstić information content (AvgIpc) is 3.21. The third-order valence-corrected chi connectivity index (χ3v) is 6.43. The van der Waals surface area contributed by atoms with E-state index in [9.17, 15) is 5.11 Å². The molecule has 2 nitrogen and oxygen atoms in total. The number of hydrogen-bond donors (Lipinski definition) is 1. The van der Waals surface area contributed by atoms with Crippen molar-refractivity contribution in [3.05, 3.63) is 87.9 Å². The Hall–Kier alpha value is -3.00. The molecule has 3 aromatic rings. The Morgan fingerprint density at radius 3 is 2.05 bits per heavy atom. The Balaban J connectivity index is 0.000000707. The van der Waals surface area contributed by atoms with Gasteiger partial charge in [-0.15, -0.1) is 6.58 Å². The number of benzene rings is 2. The van der Waals surface area contributed by atoms with E-state index in [1.807, 2.05) is 52.8 Å². The van der Waals surface area contributed by atoms with Crippen LogP contribution < -0.4 is 10.6 Å². The van der Waals surface area contributed by atoms with Gasteiger partial charge in [-0.1, -0.05) is 96.0 Å². The minimum atomic E-state index is 0.326. The van der Waals surface area contributed by atoms with E-state index < -0.39 is 0 Å². The number of aromatic nitrogens is 1. The number of phenolic OH excluding ortho intramolecular Hbond substituents is 1. The molecule has 0 saturated carbocycles. The van der Waals surface area contributed by atoms with Crippen LogP contribution in [0.1, 0.15) is 91.3 Å². The number of phenols is 1. The molecule has 0 aliphatic heterocycles. The maximum absolute atomic E-state index is 10.2. The molecule has 0 aliphatic rings. The summed E-state index contributed by atoms with van der Waals surface area (Å²) in [5.41, 5.74) is 7.33. The van der Waals surface area contributed by atoms with Gasteiger partial charge in [-0.05, 0) is 93.5 Å². The molecule has 2 aromatic carbocycles. The second kappa shape index (κ2) is 19.1. The van der Waals surface area contributed by atoms with Crippen molar-refractivity contribution in [2.24, 2.45) is 5.92 Å². The fraction of sp³-hybridized carbons (Fsp3) is 0.444. The van der Waals surface area contributed by atoms with Gasteiger partial charge >= 0.3 is 0 Å². The number of para-hydroxylation sites is 1. The molecule has 1 heterocycles. The molecule has 0 unspecified atom stereocenters. The zero-order chi connectivity index (χ0) is 29.3. The van der Waals surface area contributed by atoms with Crippen molar-refractivity contribution in [3.8, 4) is 17.0 Å². The number of nitrogens with zero attached hydrogens (tertiary/aromatic N) is 1. The van der Waals surface area contributed by atoms with Gasteiger partial charge in [-0.3, -0.25) is 0 Å². The van der Waals surface area contributed by atoms with E-state index in [1.165, 1.54) is 35.1 Å². The maximum atomic E-state index is 10.2. The molecule has 0 spiro atoms. The van der Waals surface area contributed by atoms with Gasteiger partial charge in [0.15, 0.2) is 0 Å². The number of aromatic hydroxyl groups is 1. The summed E-state index contributed by atoms with van der Waals surface area (Å²) in [6.07, 6.45) is 6.81. The summed E-state index contributed by atoms with van der Waals surface area (Å²) in [7, 11) is 0. The fourth-order valence-electron chi connectivity index (χ4n) is 4.10. The summed E-state index contributed by atoms with van der Waals surface area (Å²) in [6, 6.07) is 16.3. The lowest BCUT2D eigenvalue weighted by atomic mass is 10.0. The van der Waals surface area contributed by atoms with Crippen LogP contribution in [0.3, 0.4) is 0 Å². The Morgan fingerprint density at radius 2 is 1.58 bits per heavy atom. The highest BCUT2D eigenvalue weighted by Crippen LogP contribution is 2.28. The topological polar surface area (TPSA) is 25.2 Å². The highest BCUT2D eigenvalue weighted by Gasteiger charge is 2.14. The van der Waals surface area contributed by atoms with Gasteiger partial charge in [0.05, 0.1) is 5.69 Å². The van der Waals surface area contributed by atoms with Crippen molar-refractivity contribution in [3.63, 3.8) is 0 Å². The highest BCUT2D eigenvalue weighted by atomic mass is 16.3. The third-order valence-electron chi connectivity index (χ3n) is 6.43. The summed E-state index contributed by atoms with van der Waals surface area (Å²) in [6.45, 7) is 29.7. The zero-order valence-corrected chi connectivity index (χ0v) is 26.1. The molecule has 1 N–H and O–H groups in total. The van der Waals surface area contributed by atoms with Crippen molar-refractivity contribution in [2.45, 2.75) is 101 Å². The smallest absolute Gasteiger partial charge is 0.124 e. The van der Waals surface area contributed by atoms with E-state index in [1.54, 1.807) is 6.07 Å². The summed E-state index contributed by atoms with van der Waals surface area (Å²) in [5.74, 6) is 0.972. The van der Waals surface area contributed by atoms with Crippen molar-refractivity contribution < 1.29 is 5.11 Å². The second-order valence-corrected chi connectivity index (χ2v) is 9.89. The first-order valence-corrected chi connectivity index (χ1v) is 14.4. The molecule has 0 aliphatic carbocycles. The lowest BCUT2D eigenvalue weighted by molar-refractivity contribution is 0.397. The molecule has 0 fully saturated rings. The minimum Gasteiger partial charge on any atom is -0.507 e. The van der Waals surface area contributed by atoms with E-state index in [2.05, 4.69) is 82.7 Å². The van der Waals surface area contributed by atoms with E-state index in [-0.39, 0.29) is 0 Å². The minimum absolute atomic E-state index is 0.326. The average molecular weight is 518 g/mol. The largest absolute Gasteiger partial charge is 0.507 e. The van der Waals surface area contributed by atoms with E-state index in [0.717, 1.165) is 41.2 Å². The predicted molar refractivity (Wildman–Crippen MR) is 172 cm³/mol. The normalized spacial score (nSPS) is 11.3. The van der Waals surface area contributed by atoms with Crippen LogP contribution in [-0.4, -0.2) is 9.67 Å². The predicted octanol–water partition coefficient (Wildman–Crippen LogP) is 9.37. The molecule has 0 saturated heterocycles. The van der Waals surface area contributed by atoms with Crippen LogP contribution in [-0.2, 0) is 13.0 Å². The first-order chi connectivity index (χ1) is 18.1.